The van der Waals surface area contributed by atoms with Crippen molar-refractivity contribution in [1.82, 2.24) is 0 Å². The largest absolute Gasteiger partial charge is 0.493 e. The lowest BCUT2D eigenvalue weighted by Crippen LogP contribution is -2.07. The minimum atomic E-state index is -0.155. The third kappa shape index (κ3) is 4.47. The second kappa shape index (κ2) is 6.94. The fourth-order valence-electron chi connectivity index (χ4n) is 1.51. The molecule has 0 unspecified atom stereocenters. The van der Waals surface area contributed by atoms with Crippen molar-refractivity contribution in [3.63, 3.8) is 0 Å². The van der Waals surface area contributed by atoms with Crippen LogP contribution in [0.25, 0.3) is 0 Å². The average molecular weight is 236 g/mol. The van der Waals surface area contributed by atoms with E-state index >= 15 is 0 Å². The molecule has 0 N–H and O–H groups in total. The number of aryl methyl sites for hydroxylation is 1. The van der Waals surface area contributed by atoms with Crippen molar-refractivity contribution in [2.24, 2.45) is 0 Å². The summed E-state index contributed by atoms with van der Waals surface area (Å²) in [4.78, 5) is 11.1. The normalized spacial score (nSPS) is 10.1. The van der Waals surface area contributed by atoms with E-state index in [1.807, 2.05) is 26.0 Å². The quantitative estimate of drug-likeness (QED) is 0.562. The van der Waals surface area contributed by atoms with Gasteiger partial charge in [0.25, 0.3) is 0 Å². The van der Waals surface area contributed by atoms with Gasteiger partial charge in [0.1, 0.15) is 5.75 Å². The Bertz CT molecular complexity index is 372. The first-order chi connectivity index (χ1) is 8.15. The third-order valence-electron chi connectivity index (χ3n) is 2.64. The van der Waals surface area contributed by atoms with Crippen molar-refractivity contribution >= 4 is 5.97 Å². The van der Waals surface area contributed by atoms with E-state index in [1.54, 1.807) is 0 Å². The molecule has 0 radical (unpaired) electrons. The molecule has 0 spiro atoms. The van der Waals surface area contributed by atoms with Crippen LogP contribution in [0.1, 0.15) is 30.9 Å². The standard InChI is InChI=1S/C14H20O3/c1-4-16-14(15)9-6-10-17-13-8-5-7-11(2)12(13)3/h5,7-8H,4,6,9-10H2,1-3H3. The number of carbonyl (C=O) groups is 1. The maximum Gasteiger partial charge on any atom is 0.305 e. The van der Waals surface area contributed by atoms with Crippen LogP contribution in [0.3, 0.4) is 0 Å². The van der Waals surface area contributed by atoms with E-state index in [9.17, 15) is 4.79 Å². The summed E-state index contributed by atoms with van der Waals surface area (Å²) in [5.74, 6) is 0.742. The number of carbonyl (C=O) groups excluding carboxylic acids is 1. The minimum absolute atomic E-state index is 0.155. The van der Waals surface area contributed by atoms with Gasteiger partial charge >= 0.3 is 5.97 Å². The summed E-state index contributed by atoms with van der Waals surface area (Å²) in [6.07, 6.45) is 1.10. The second-order valence-electron chi connectivity index (χ2n) is 3.96. The van der Waals surface area contributed by atoms with Gasteiger partial charge in [-0.25, -0.2) is 0 Å². The van der Waals surface area contributed by atoms with Crippen molar-refractivity contribution in [3.05, 3.63) is 29.3 Å². The zero-order chi connectivity index (χ0) is 12.7. The lowest BCUT2D eigenvalue weighted by molar-refractivity contribution is -0.143. The van der Waals surface area contributed by atoms with Gasteiger partial charge in [-0.2, -0.15) is 0 Å². The van der Waals surface area contributed by atoms with Crippen LogP contribution in [0.4, 0.5) is 0 Å². The van der Waals surface area contributed by atoms with Gasteiger partial charge in [0.2, 0.25) is 0 Å². The van der Waals surface area contributed by atoms with Crippen LogP contribution < -0.4 is 4.74 Å². The Morgan fingerprint density at radius 1 is 1.29 bits per heavy atom. The van der Waals surface area contributed by atoms with Crippen molar-refractivity contribution in [1.29, 1.82) is 0 Å². The molecule has 0 fully saturated rings. The molecule has 0 saturated carbocycles. The molecule has 17 heavy (non-hydrogen) atoms. The lowest BCUT2D eigenvalue weighted by atomic mass is 10.1. The van der Waals surface area contributed by atoms with Crippen molar-refractivity contribution in [2.45, 2.75) is 33.6 Å². The lowest BCUT2D eigenvalue weighted by Gasteiger charge is -2.10. The molecule has 0 aliphatic heterocycles. The molecule has 94 valence electrons. The van der Waals surface area contributed by atoms with Crippen LogP contribution in [0.15, 0.2) is 18.2 Å². The maximum absolute atomic E-state index is 11.1. The van der Waals surface area contributed by atoms with E-state index in [0.717, 1.165) is 11.3 Å². The molecule has 1 aromatic rings. The minimum Gasteiger partial charge on any atom is -0.493 e. The van der Waals surface area contributed by atoms with Gasteiger partial charge in [0, 0.05) is 6.42 Å². The van der Waals surface area contributed by atoms with E-state index < -0.39 is 0 Å². The highest BCUT2D eigenvalue weighted by molar-refractivity contribution is 5.69. The molecule has 3 nitrogen and oxygen atoms in total. The number of esters is 1. The van der Waals surface area contributed by atoms with Crippen LogP contribution in [0.2, 0.25) is 0 Å². The monoisotopic (exact) mass is 236 g/mol. The van der Waals surface area contributed by atoms with Crippen molar-refractivity contribution in [2.75, 3.05) is 13.2 Å². The molecule has 0 atom stereocenters. The molecule has 0 aliphatic carbocycles. The summed E-state index contributed by atoms with van der Waals surface area (Å²) in [6.45, 7) is 6.89. The second-order valence-corrected chi connectivity index (χ2v) is 3.96. The van der Waals surface area contributed by atoms with Crippen molar-refractivity contribution in [3.8, 4) is 5.75 Å². The van der Waals surface area contributed by atoms with Crippen LogP contribution in [0.5, 0.6) is 5.75 Å². The van der Waals surface area contributed by atoms with Crippen LogP contribution >= 0.6 is 0 Å². The third-order valence-corrected chi connectivity index (χ3v) is 2.64. The number of rotatable bonds is 6. The number of ether oxygens (including phenoxy) is 2. The Kier molecular flexibility index (Phi) is 5.53. The topological polar surface area (TPSA) is 35.5 Å². The van der Waals surface area contributed by atoms with Gasteiger partial charge in [-0.3, -0.25) is 4.79 Å². The smallest absolute Gasteiger partial charge is 0.305 e. The van der Waals surface area contributed by atoms with Gasteiger partial charge in [0.15, 0.2) is 0 Å². The zero-order valence-corrected chi connectivity index (χ0v) is 10.8. The molecule has 0 aromatic heterocycles. The molecule has 3 heteroatoms. The predicted molar refractivity (Wildman–Crippen MR) is 67.3 cm³/mol. The Hall–Kier alpha value is -1.51. The highest BCUT2D eigenvalue weighted by Gasteiger charge is 2.03. The van der Waals surface area contributed by atoms with Crippen LogP contribution in [-0.2, 0) is 9.53 Å². The van der Waals surface area contributed by atoms with Gasteiger partial charge in [0.05, 0.1) is 13.2 Å². The number of hydrogen-bond acceptors (Lipinski definition) is 3. The Labute approximate surface area is 103 Å². The van der Waals surface area contributed by atoms with Crippen molar-refractivity contribution < 1.29 is 14.3 Å². The highest BCUT2D eigenvalue weighted by atomic mass is 16.5. The van der Waals surface area contributed by atoms with Gasteiger partial charge in [-0.1, -0.05) is 12.1 Å². The van der Waals surface area contributed by atoms with Gasteiger partial charge in [-0.05, 0) is 44.4 Å². The summed E-state index contributed by atoms with van der Waals surface area (Å²) >= 11 is 0. The average Bonchev–Trinajstić information content (AvgIpc) is 2.30. The summed E-state index contributed by atoms with van der Waals surface area (Å²) in [6, 6.07) is 5.98. The molecule has 1 rings (SSSR count). The summed E-state index contributed by atoms with van der Waals surface area (Å²) in [7, 11) is 0. The molecule has 0 amide bonds. The fourth-order valence-corrected chi connectivity index (χ4v) is 1.51. The summed E-state index contributed by atoms with van der Waals surface area (Å²) in [5, 5.41) is 0. The molecule has 0 saturated heterocycles. The molecular weight excluding hydrogens is 216 g/mol. The summed E-state index contributed by atoms with van der Waals surface area (Å²) < 4.78 is 10.5. The first-order valence-corrected chi connectivity index (χ1v) is 5.99. The SMILES string of the molecule is CCOC(=O)CCCOc1cccc(C)c1C. The maximum atomic E-state index is 11.1. The highest BCUT2D eigenvalue weighted by Crippen LogP contribution is 2.20. The first kappa shape index (κ1) is 13.6. The van der Waals surface area contributed by atoms with Crippen LogP contribution in [-0.4, -0.2) is 19.2 Å². The molecule has 0 aliphatic rings. The van der Waals surface area contributed by atoms with E-state index in [-0.39, 0.29) is 5.97 Å². The van der Waals surface area contributed by atoms with E-state index in [2.05, 4.69) is 13.0 Å². The van der Waals surface area contributed by atoms with E-state index in [0.29, 0.717) is 26.1 Å². The van der Waals surface area contributed by atoms with Gasteiger partial charge in [-0.15, -0.1) is 0 Å². The molecule has 0 bridgehead atoms. The Morgan fingerprint density at radius 3 is 2.76 bits per heavy atom. The van der Waals surface area contributed by atoms with Crippen LogP contribution in [0, 0.1) is 13.8 Å². The molecule has 1 aromatic carbocycles. The molecular formula is C14H20O3. The number of hydrogen-bond donors (Lipinski definition) is 0. The van der Waals surface area contributed by atoms with Gasteiger partial charge < -0.3 is 9.47 Å². The fraction of sp³-hybridized carbons (Fsp3) is 0.500. The first-order valence-electron chi connectivity index (χ1n) is 5.99. The summed E-state index contributed by atoms with van der Waals surface area (Å²) in [5.41, 5.74) is 2.37. The zero-order valence-electron chi connectivity index (χ0n) is 10.8. The Morgan fingerprint density at radius 2 is 2.06 bits per heavy atom. The van der Waals surface area contributed by atoms with E-state index in [1.165, 1.54) is 5.56 Å². The predicted octanol–water partition coefficient (Wildman–Crippen LogP) is 3.03. The molecule has 0 heterocycles. The number of benzene rings is 1. The Balaban J connectivity index is 2.31. The van der Waals surface area contributed by atoms with E-state index in [4.69, 9.17) is 9.47 Å².